The summed E-state index contributed by atoms with van der Waals surface area (Å²) < 4.78 is 33.9. The number of rotatable bonds is 10. The molecule has 10 heteroatoms. The summed E-state index contributed by atoms with van der Waals surface area (Å²) in [6.45, 7) is 0.749. The average Bonchev–Trinajstić information content (AvgIpc) is 3.08. The number of nitrogens with one attached hydrogen (secondary N) is 1. The van der Waals surface area contributed by atoms with Gasteiger partial charge in [-0.3, -0.25) is 0 Å². The Bertz CT molecular complexity index is 1700. The van der Waals surface area contributed by atoms with Crippen molar-refractivity contribution in [1.82, 2.24) is 0 Å². The summed E-state index contributed by atoms with van der Waals surface area (Å²) in [7, 11) is 2.66. The first kappa shape index (κ1) is 34.9. The van der Waals surface area contributed by atoms with Crippen LogP contribution in [0.1, 0.15) is 31.8 Å². The third-order valence-corrected chi connectivity index (χ3v) is 6.43. The van der Waals surface area contributed by atoms with Crippen LogP contribution in [0.5, 0.6) is 11.5 Å². The first-order valence-electron chi connectivity index (χ1n) is 13.9. The second-order valence-corrected chi connectivity index (χ2v) is 9.62. The SMILES string of the molecule is COC(=O)c1ccc(COc2ccccc2)cc1N.COC(=O)c1ccc(COc2ccccc2)cc1Nc1ccc(F)cc1.Cl. The number of hydrogen-bond donors (Lipinski definition) is 2. The van der Waals surface area contributed by atoms with Crippen molar-refractivity contribution in [1.29, 1.82) is 0 Å². The maximum Gasteiger partial charge on any atom is 0.339 e. The van der Waals surface area contributed by atoms with Crippen molar-refractivity contribution in [2.75, 3.05) is 25.3 Å². The maximum absolute atomic E-state index is 13.1. The molecule has 5 aromatic carbocycles. The fourth-order valence-electron chi connectivity index (χ4n) is 4.13. The van der Waals surface area contributed by atoms with Gasteiger partial charge in [0.25, 0.3) is 0 Å². The fraction of sp³-hybridized carbons (Fsp3) is 0.111. The molecule has 0 spiro atoms. The first-order chi connectivity index (χ1) is 21.9. The number of methoxy groups -OCH3 is 2. The molecular formula is C36H34ClFN2O6. The van der Waals surface area contributed by atoms with Gasteiger partial charge in [0.2, 0.25) is 0 Å². The van der Waals surface area contributed by atoms with Gasteiger partial charge in [-0.05, 0) is 83.9 Å². The minimum atomic E-state index is -0.454. The standard InChI is InChI=1S/C21H18FNO3.C15H15NO3.ClH/c1-25-21(24)19-12-7-15(14-26-18-5-3-2-4-6-18)13-20(19)23-17-10-8-16(22)9-11-17;1-18-15(17)13-8-7-11(9-14(13)16)10-19-12-5-3-2-4-6-12;/h2-13,23H,14H2,1H3;2-9H,10,16H2,1H3;1H. The van der Waals surface area contributed by atoms with E-state index in [-0.39, 0.29) is 18.2 Å². The molecule has 5 aromatic rings. The smallest absolute Gasteiger partial charge is 0.339 e. The zero-order chi connectivity index (χ0) is 32.0. The molecule has 0 aliphatic heterocycles. The highest BCUT2D eigenvalue weighted by atomic mass is 35.5. The predicted molar refractivity (Wildman–Crippen MR) is 178 cm³/mol. The van der Waals surface area contributed by atoms with Gasteiger partial charge in [0.15, 0.2) is 0 Å². The molecule has 0 atom stereocenters. The molecule has 0 fully saturated rings. The summed E-state index contributed by atoms with van der Waals surface area (Å²) in [4.78, 5) is 23.4. The number of benzene rings is 5. The van der Waals surface area contributed by atoms with Crippen LogP contribution < -0.4 is 20.5 Å². The number of carbonyl (C=O) groups excluding carboxylic acids is 2. The van der Waals surface area contributed by atoms with E-state index in [1.807, 2.05) is 72.8 Å². The van der Waals surface area contributed by atoms with Crippen LogP contribution in [0, 0.1) is 5.82 Å². The number of halogens is 2. The number of ether oxygens (including phenoxy) is 4. The van der Waals surface area contributed by atoms with E-state index in [4.69, 9.17) is 19.9 Å². The second kappa shape index (κ2) is 17.7. The molecule has 0 amide bonds. The van der Waals surface area contributed by atoms with Gasteiger partial charge in [0.05, 0.1) is 31.0 Å². The number of anilines is 3. The first-order valence-corrected chi connectivity index (χ1v) is 13.9. The van der Waals surface area contributed by atoms with Crippen molar-refractivity contribution in [2.45, 2.75) is 13.2 Å². The largest absolute Gasteiger partial charge is 0.489 e. The van der Waals surface area contributed by atoms with E-state index < -0.39 is 11.9 Å². The molecule has 0 unspecified atom stereocenters. The van der Waals surface area contributed by atoms with E-state index in [0.717, 1.165) is 22.6 Å². The lowest BCUT2D eigenvalue weighted by molar-refractivity contribution is 0.0593. The molecular weight excluding hydrogens is 611 g/mol. The van der Waals surface area contributed by atoms with Gasteiger partial charge >= 0.3 is 11.9 Å². The van der Waals surface area contributed by atoms with Crippen LogP contribution in [-0.4, -0.2) is 26.2 Å². The molecule has 5 rings (SSSR count). The molecule has 0 aliphatic carbocycles. The Morgan fingerprint density at radius 3 is 1.63 bits per heavy atom. The molecule has 46 heavy (non-hydrogen) atoms. The Morgan fingerprint density at radius 1 is 0.652 bits per heavy atom. The van der Waals surface area contributed by atoms with E-state index in [2.05, 4.69) is 10.1 Å². The minimum Gasteiger partial charge on any atom is -0.489 e. The lowest BCUT2D eigenvalue weighted by Gasteiger charge is -2.13. The second-order valence-electron chi connectivity index (χ2n) is 9.62. The molecule has 0 saturated carbocycles. The topological polar surface area (TPSA) is 109 Å². The molecule has 0 aliphatic rings. The molecule has 0 heterocycles. The van der Waals surface area contributed by atoms with Crippen molar-refractivity contribution in [3.63, 3.8) is 0 Å². The highest BCUT2D eigenvalue weighted by Crippen LogP contribution is 2.25. The Balaban J connectivity index is 0.000000257. The van der Waals surface area contributed by atoms with Crippen molar-refractivity contribution in [2.24, 2.45) is 0 Å². The van der Waals surface area contributed by atoms with Gasteiger partial charge in [0.1, 0.15) is 30.5 Å². The third-order valence-electron chi connectivity index (χ3n) is 6.43. The quantitative estimate of drug-likeness (QED) is 0.116. The number of esters is 2. The van der Waals surface area contributed by atoms with Crippen LogP contribution in [0.3, 0.4) is 0 Å². The van der Waals surface area contributed by atoms with Crippen LogP contribution in [0.2, 0.25) is 0 Å². The van der Waals surface area contributed by atoms with Gasteiger partial charge in [-0.1, -0.05) is 48.5 Å². The highest BCUT2D eigenvalue weighted by Gasteiger charge is 2.14. The highest BCUT2D eigenvalue weighted by molar-refractivity contribution is 5.96. The molecule has 238 valence electrons. The summed E-state index contributed by atoms with van der Waals surface area (Å²) >= 11 is 0. The molecule has 0 saturated heterocycles. The number of carbonyl (C=O) groups is 2. The van der Waals surface area contributed by atoms with Gasteiger partial charge in [-0.2, -0.15) is 0 Å². The van der Waals surface area contributed by atoms with E-state index in [0.29, 0.717) is 41.4 Å². The summed E-state index contributed by atoms with van der Waals surface area (Å²) in [5.74, 6) is 0.336. The Labute approximate surface area is 273 Å². The van der Waals surface area contributed by atoms with Crippen molar-refractivity contribution >= 4 is 41.4 Å². The molecule has 0 radical (unpaired) electrons. The van der Waals surface area contributed by atoms with E-state index in [1.54, 1.807) is 36.4 Å². The van der Waals surface area contributed by atoms with E-state index in [1.165, 1.54) is 26.4 Å². The maximum atomic E-state index is 13.1. The predicted octanol–water partition coefficient (Wildman–Crippen LogP) is 7.99. The minimum absolute atomic E-state index is 0. The Morgan fingerprint density at radius 2 is 1.13 bits per heavy atom. The summed E-state index contributed by atoms with van der Waals surface area (Å²) in [6.07, 6.45) is 0. The van der Waals surface area contributed by atoms with Crippen molar-refractivity contribution in [3.05, 3.63) is 149 Å². The summed E-state index contributed by atoms with van der Waals surface area (Å²) in [6, 6.07) is 35.3. The lowest BCUT2D eigenvalue weighted by Crippen LogP contribution is -2.07. The number of nitrogens with two attached hydrogens (primary N) is 1. The van der Waals surface area contributed by atoms with Crippen molar-refractivity contribution in [3.8, 4) is 11.5 Å². The number of para-hydroxylation sites is 2. The van der Waals surface area contributed by atoms with Gasteiger partial charge < -0.3 is 30.0 Å². The number of hydrogen-bond acceptors (Lipinski definition) is 8. The van der Waals surface area contributed by atoms with Crippen LogP contribution >= 0.6 is 12.4 Å². The van der Waals surface area contributed by atoms with Crippen LogP contribution in [-0.2, 0) is 22.7 Å². The molecule has 3 N–H and O–H groups in total. The van der Waals surface area contributed by atoms with Gasteiger partial charge in [-0.25, -0.2) is 14.0 Å². The van der Waals surface area contributed by atoms with Gasteiger partial charge in [-0.15, -0.1) is 12.4 Å². The Kier molecular flexibility index (Phi) is 13.4. The Hall–Kier alpha value is -5.54. The number of nitrogen functional groups attached to an aromatic ring is 1. The van der Waals surface area contributed by atoms with Crippen LogP contribution in [0.15, 0.2) is 121 Å². The third kappa shape index (κ3) is 10.3. The molecule has 8 nitrogen and oxygen atoms in total. The van der Waals surface area contributed by atoms with Crippen LogP contribution in [0.4, 0.5) is 21.5 Å². The molecule has 0 aromatic heterocycles. The zero-order valence-electron chi connectivity index (χ0n) is 25.3. The van der Waals surface area contributed by atoms with E-state index >= 15 is 0 Å². The summed E-state index contributed by atoms with van der Waals surface area (Å²) in [5.41, 5.74) is 9.97. The monoisotopic (exact) mass is 644 g/mol. The fourth-order valence-corrected chi connectivity index (χ4v) is 4.13. The normalized spacial score (nSPS) is 9.89. The van der Waals surface area contributed by atoms with Gasteiger partial charge in [0, 0.05) is 11.4 Å². The molecule has 0 bridgehead atoms. The van der Waals surface area contributed by atoms with Crippen LogP contribution in [0.25, 0.3) is 0 Å². The summed E-state index contributed by atoms with van der Waals surface area (Å²) in [5, 5.41) is 3.13. The van der Waals surface area contributed by atoms with E-state index in [9.17, 15) is 14.0 Å². The lowest BCUT2D eigenvalue weighted by atomic mass is 10.1. The zero-order valence-corrected chi connectivity index (χ0v) is 26.1. The average molecular weight is 645 g/mol. The van der Waals surface area contributed by atoms with Crippen molar-refractivity contribution < 1.29 is 32.9 Å².